The van der Waals surface area contributed by atoms with Gasteiger partial charge in [-0.1, -0.05) is 30.0 Å². The van der Waals surface area contributed by atoms with Crippen LogP contribution in [-0.2, 0) is 16.1 Å². The SMILES string of the molecule is O=C(CSc1nnc(-c2ccco2)n1C[C@@H]1CCCO1)NC(=O)Nc1ccccc1. The fourth-order valence-corrected chi connectivity index (χ4v) is 3.86. The van der Waals surface area contributed by atoms with Crippen LogP contribution >= 0.6 is 11.8 Å². The molecule has 0 bridgehead atoms. The highest BCUT2D eigenvalue weighted by molar-refractivity contribution is 7.99. The number of carbonyl (C=O) groups is 2. The molecule has 3 heterocycles. The molecule has 0 spiro atoms. The Morgan fingerprint density at radius 2 is 2.03 bits per heavy atom. The quantitative estimate of drug-likeness (QED) is 0.557. The van der Waals surface area contributed by atoms with Gasteiger partial charge in [0, 0.05) is 12.3 Å². The van der Waals surface area contributed by atoms with Gasteiger partial charge in [0.2, 0.25) is 11.7 Å². The number of aromatic nitrogens is 3. The third kappa shape index (κ3) is 5.08. The van der Waals surface area contributed by atoms with Crippen LogP contribution in [0.2, 0.25) is 0 Å². The fraction of sp³-hybridized carbons (Fsp3) is 0.300. The van der Waals surface area contributed by atoms with Crippen molar-refractivity contribution < 1.29 is 18.7 Å². The van der Waals surface area contributed by atoms with Crippen molar-refractivity contribution >= 4 is 29.4 Å². The number of nitrogens with zero attached hydrogens (tertiary/aromatic N) is 3. The Kier molecular flexibility index (Phi) is 6.45. The zero-order valence-corrected chi connectivity index (χ0v) is 16.9. The first-order valence-corrected chi connectivity index (χ1v) is 10.5. The van der Waals surface area contributed by atoms with Crippen molar-refractivity contribution in [2.24, 2.45) is 0 Å². The largest absolute Gasteiger partial charge is 0.461 e. The van der Waals surface area contributed by atoms with Crippen LogP contribution in [0.5, 0.6) is 0 Å². The molecule has 0 saturated carbocycles. The third-order valence-corrected chi connectivity index (χ3v) is 5.45. The number of hydrogen-bond acceptors (Lipinski definition) is 7. The van der Waals surface area contributed by atoms with Gasteiger partial charge in [-0.2, -0.15) is 0 Å². The first-order valence-electron chi connectivity index (χ1n) is 9.56. The van der Waals surface area contributed by atoms with Crippen LogP contribution in [0, 0.1) is 0 Å². The molecule has 1 aliphatic rings. The van der Waals surface area contributed by atoms with E-state index in [0.717, 1.165) is 19.4 Å². The highest BCUT2D eigenvalue weighted by Crippen LogP contribution is 2.26. The van der Waals surface area contributed by atoms with Crippen LogP contribution in [0.3, 0.4) is 0 Å². The number of furan rings is 1. The molecule has 0 radical (unpaired) electrons. The Morgan fingerprint density at radius 3 is 2.77 bits per heavy atom. The van der Waals surface area contributed by atoms with Crippen LogP contribution in [0.15, 0.2) is 58.3 Å². The Balaban J connectivity index is 1.38. The van der Waals surface area contributed by atoms with E-state index in [1.807, 2.05) is 16.7 Å². The molecule has 30 heavy (non-hydrogen) atoms. The van der Waals surface area contributed by atoms with Crippen molar-refractivity contribution in [3.8, 4) is 11.6 Å². The summed E-state index contributed by atoms with van der Waals surface area (Å²) < 4.78 is 13.1. The number of benzene rings is 1. The van der Waals surface area contributed by atoms with E-state index in [1.54, 1.807) is 36.6 Å². The van der Waals surface area contributed by atoms with E-state index >= 15 is 0 Å². The molecule has 0 unspecified atom stereocenters. The highest BCUT2D eigenvalue weighted by Gasteiger charge is 2.23. The first-order chi connectivity index (χ1) is 14.7. The van der Waals surface area contributed by atoms with Gasteiger partial charge >= 0.3 is 6.03 Å². The Bertz CT molecular complexity index is 984. The summed E-state index contributed by atoms with van der Waals surface area (Å²) in [4.78, 5) is 24.2. The van der Waals surface area contributed by atoms with E-state index in [-0.39, 0.29) is 11.9 Å². The van der Waals surface area contributed by atoms with Crippen molar-refractivity contribution in [3.05, 3.63) is 48.7 Å². The number of carbonyl (C=O) groups excluding carboxylic acids is 2. The second-order valence-corrected chi connectivity index (χ2v) is 7.63. The maximum atomic E-state index is 12.2. The van der Waals surface area contributed by atoms with Crippen molar-refractivity contribution in [2.75, 3.05) is 17.7 Å². The predicted octanol–water partition coefficient (Wildman–Crippen LogP) is 3.16. The lowest BCUT2D eigenvalue weighted by atomic mass is 10.2. The summed E-state index contributed by atoms with van der Waals surface area (Å²) >= 11 is 1.21. The number of ether oxygens (including phenoxy) is 1. The van der Waals surface area contributed by atoms with Gasteiger partial charge in [0.15, 0.2) is 10.9 Å². The average Bonchev–Trinajstić information content (AvgIpc) is 3.50. The maximum Gasteiger partial charge on any atom is 0.325 e. The average molecular weight is 427 g/mol. The van der Waals surface area contributed by atoms with Crippen molar-refractivity contribution in [2.45, 2.75) is 30.6 Å². The van der Waals surface area contributed by atoms with E-state index in [1.165, 1.54) is 11.8 Å². The Morgan fingerprint density at radius 1 is 1.17 bits per heavy atom. The molecule has 156 valence electrons. The molecular formula is C20H21N5O4S. The summed E-state index contributed by atoms with van der Waals surface area (Å²) in [6.45, 7) is 1.31. The summed E-state index contributed by atoms with van der Waals surface area (Å²) in [5, 5.41) is 13.9. The second-order valence-electron chi connectivity index (χ2n) is 6.69. The van der Waals surface area contributed by atoms with Gasteiger partial charge in [-0.15, -0.1) is 10.2 Å². The maximum absolute atomic E-state index is 12.2. The summed E-state index contributed by atoms with van der Waals surface area (Å²) in [6, 6.07) is 11.9. The Labute approximate surface area is 177 Å². The summed E-state index contributed by atoms with van der Waals surface area (Å²) in [5.74, 6) is 0.767. The molecule has 2 N–H and O–H groups in total. The third-order valence-electron chi connectivity index (χ3n) is 4.49. The minimum absolute atomic E-state index is 0.0179. The molecule has 0 aliphatic carbocycles. The molecule has 1 fully saturated rings. The molecule has 4 rings (SSSR count). The van der Waals surface area contributed by atoms with Crippen molar-refractivity contribution in [1.82, 2.24) is 20.1 Å². The molecule has 1 atom stereocenters. The second kappa shape index (κ2) is 9.59. The van der Waals surface area contributed by atoms with Gasteiger partial charge in [0.05, 0.1) is 24.7 Å². The zero-order chi connectivity index (χ0) is 20.8. The van der Waals surface area contributed by atoms with E-state index in [0.29, 0.717) is 29.0 Å². The molecule has 3 amide bonds. The normalized spacial score (nSPS) is 15.8. The number of anilines is 1. The van der Waals surface area contributed by atoms with Gasteiger partial charge in [-0.3, -0.25) is 14.7 Å². The van der Waals surface area contributed by atoms with Crippen LogP contribution in [-0.4, -0.2) is 45.2 Å². The number of thioether (sulfide) groups is 1. The van der Waals surface area contributed by atoms with Crippen LogP contribution in [0.1, 0.15) is 12.8 Å². The predicted molar refractivity (Wildman–Crippen MR) is 111 cm³/mol. The number of rotatable bonds is 7. The number of para-hydroxylation sites is 1. The van der Waals surface area contributed by atoms with Crippen molar-refractivity contribution in [1.29, 1.82) is 0 Å². The number of urea groups is 1. The van der Waals surface area contributed by atoms with E-state index in [4.69, 9.17) is 9.15 Å². The van der Waals surface area contributed by atoms with Gasteiger partial charge in [-0.05, 0) is 37.1 Å². The zero-order valence-electron chi connectivity index (χ0n) is 16.1. The van der Waals surface area contributed by atoms with Gasteiger partial charge < -0.3 is 14.5 Å². The first kappa shape index (κ1) is 20.2. The molecule has 2 aromatic heterocycles. The summed E-state index contributed by atoms with van der Waals surface area (Å²) in [7, 11) is 0. The molecule has 3 aromatic rings. The number of nitrogens with one attached hydrogen (secondary N) is 2. The van der Waals surface area contributed by atoms with Gasteiger partial charge in [0.1, 0.15) is 0 Å². The van der Waals surface area contributed by atoms with E-state index in [2.05, 4.69) is 20.8 Å². The van der Waals surface area contributed by atoms with Crippen LogP contribution in [0.4, 0.5) is 10.5 Å². The molecule has 10 heteroatoms. The smallest absolute Gasteiger partial charge is 0.325 e. The van der Waals surface area contributed by atoms with Crippen LogP contribution in [0.25, 0.3) is 11.6 Å². The molecular weight excluding hydrogens is 406 g/mol. The van der Waals surface area contributed by atoms with Gasteiger partial charge in [-0.25, -0.2) is 4.79 Å². The lowest BCUT2D eigenvalue weighted by molar-refractivity contribution is -0.117. The van der Waals surface area contributed by atoms with Crippen molar-refractivity contribution in [3.63, 3.8) is 0 Å². The van der Waals surface area contributed by atoms with E-state index < -0.39 is 11.9 Å². The summed E-state index contributed by atoms with van der Waals surface area (Å²) in [5.41, 5.74) is 0.606. The lowest BCUT2D eigenvalue weighted by Crippen LogP contribution is -2.35. The standard InChI is InChI=1S/C20H21N5O4S/c26-17(22-19(27)21-14-6-2-1-3-7-14)13-30-20-24-23-18(16-9-5-11-29-16)25(20)12-15-8-4-10-28-15/h1-3,5-7,9,11,15H,4,8,10,12-13H2,(H2,21,22,26,27)/t15-/m0/s1. The topological polar surface area (TPSA) is 111 Å². The fourth-order valence-electron chi connectivity index (χ4n) is 3.12. The highest BCUT2D eigenvalue weighted by atomic mass is 32.2. The Hall–Kier alpha value is -3.11. The van der Waals surface area contributed by atoms with Gasteiger partial charge in [0.25, 0.3) is 0 Å². The number of amides is 3. The number of hydrogen-bond donors (Lipinski definition) is 2. The van der Waals surface area contributed by atoms with E-state index in [9.17, 15) is 9.59 Å². The van der Waals surface area contributed by atoms with Crippen LogP contribution < -0.4 is 10.6 Å². The molecule has 1 aliphatic heterocycles. The molecule has 9 nitrogen and oxygen atoms in total. The lowest BCUT2D eigenvalue weighted by Gasteiger charge is -2.13. The summed E-state index contributed by atoms with van der Waals surface area (Å²) in [6.07, 6.45) is 3.62. The minimum Gasteiger partial charge on any atom is -0.461 e. The molecule has 1 saturated heterocycles. The molecule has 1 aromatic carbocycles. The minimum atomic E-state index is -0.580. The monoisotopic (exact) mass is 427 g/mol. The number of imide groups is 1.